The van der Waals surface area contributed by atoms with Crippen LogP contribution in [0.25, 0.3) is 5.69 Å². The van der Waals surface area contributed by atoms with Crippen molar-refractivity contribution in [2.45, 2.75) is 25.8 Å². The van der Waals surface area contributed by atoms with Crippen LogP contribution >= 0.6 is 28.3 Å². The zero-order valence-corrected chi connectivity index (χ0v) is 16.0. The minimum atomic E-state index is 0. The van der Waals surface area contributed by atoms with Crippen LogP contribution in [0.1, 0.15) is 30.1 Å². The molecule has 0 bridgehead atoms. The van der Waals surface area contributed by atoms with E-state index < -0.39 is 0 Å². The molecule has 1 aliphatic rings. The summed E-state index contributed by atoms with van der Waals surface area (Å²) in [6, 6.07) is 7.95. The third-order valence-electron chi connectivity index (χ3n) is 4.39. The van der Waals surface area contributed by atoms with Crippen molar-refractivity contribution >= 4 is 34.2 Å². The Bertz CT molecular complexity index is 703. The van der Waals surface area contributed by atoms with Crippen LogP contribution < -0.4 is 5.73 Å². The molecule has 0 saturated carbocycles. The molecule has 1 aromatic carbocycles. The molecule has 0 spiro atoms. The minimum absolute atomic E-state index is 0. The molecule has 1 aromatic heterocycles. The predicted molar refractivity (Wildman–Crippen MR) is 101 cm³/mol. The van der Waals surface area contributed by atoms with E-state index in [1.165, 1.54) is 0 Å². The first-order valence-corrected chi connectivity index (χ1v) is 8.69. The Hall–Kier alpha value is -1.37. The van der Waals surface area contributed by atoms with Crippen LogP contribution in [0.5, 0.6) is 0 Å². The Kier molecular flexibility index (Phi) is 6.43. The number of benzene rings is 1. The summed E-state index contributed by atoms with van der Waals surface area (Å²) < 4.78 is 2.71. The second kappa shape index (κ2) is 8.14. The average molecular weight is 414 g/mol. The largest absolute Gasteiger partial charge is 0.338 e. The van der Waals surface area contributed by atoms with E-state index in [4.69, 9.17) is 5.73 Å². The van der Waals surface area contributed by atoms with Crippen LogP contribution in [-0.2, 0) is 0 Å². The molecule has 1 aliphatic heterocycles. The summed E-state index contributed by atoms with van der Waals surface area (Å²) in [5.74, 6) is 0.421. The standard InChI is InChI=1S/C17H21BrN4O.ClH/c1-12(19)13-4-3-7-21(10-13)17(23)14-9-20-22(11-14)16-6-2-5-15(18)8-16;/h2,5-6,8-9,11-13H,3-4,7,10,19H2,1H3;1H. The van der Waals surface area contributed by atoms with Crippen LogP contribution in [0, 0.1) is 5.92 Å². The summed E-state index contributed by atoms with van der Waals surface area (Å²) in [7, 11) is 0. The number of carbonyl (C=O) groups excluding carboxylic acids is 1. The summed E-state index contributed by atoms with van der Waals surface area (Å²) >= 11 is 3.45. The number of nitrogens with zero attached hydrogens (tertiary/aromatic N) is 3. The molecular weight excluding hydrogens is 392 g/mol. The molecule has 7 heteroatoms. The molecule has 2 N–H and O–H groups in total. The van der Waals surface area contributed by atoms with E-state index in [9.17, 15) is 4.79 Å². The number of carbonyl (C=O) groups is 1. The summed E-state index contributed by atoms with van der Waals surface area (Å²) in [4.78, 5) is 14.6. The Morgan fingerprint density at radius 1 is 1.46 bits per heavy atom. The highest BCUT2D eigenvalue weighted by Gasteiger charge is 2.27. The molecule has 1 saturated heterocycles. The Morgan fingerprint density at radius 3 is 2.96 bits per heavy atom. The van der Waals surface area contributed by atoms with Gasteiger partial charge in [-0.15, -0.1) is 12.4 Å². The van der Waals surface area contributed by atoms with Gasteiger partial charge in [0.05, 0.1) is 17.4 Å². The van der Waals surface area contributed by atoms with Crippen molar-refractivity contribution in [3.8, 4) is 5.69 Å². The highest BCUT2D eigenvalue weighted by Crippen LogP contribution is 2.21. The topological polar surface area (TPSA) is 64.2 Å². The molecule has 1 fully saturated rings. The quantitative estimate of drug-likeness (QED) is 0.840. The number of rotatable bonds is 3. The first-order valence-electron chi connectivity index (χ1n) is 7.90. The van der Waals surface area contributed by atoms with Crippen molar-refractivity contribution in [3.05, 3.63) is 46.7 Å². The second-order valence-electron chi connectivity index (χ2n) is 6.17. The number of hydrogen-bond donors (Lipinski definition) is 1. The SMILES string of the molecule is CC(N)C1CCCN(C(=O)c2cnn(-c3cccc(Br)c3)c2)C1.Cl. The Balaban J connectivity index is 0.00000208. The lowest BCUT2D eigenvalue weighted by molar-refractivity contribution is 0.0661. The average Bonchev–Trinajstić information content (AvgIpc) is 3.04. The van der Waals surface area contributed by atoms with E-state index in [-0.39, 0.29) is 24.4 Å². The maximum absolute atomic E-state index is 12.7. The molecule has 2 heterocycles. The first kappa shape index (κ1) is 19.0. The summed E-state index contributed by atoms with van der Waals surface area (Å²) in [6.07, 6.45) is 5.54. The molecule has 2 aromatic rings. The minimum Gasteiger partial charge on any atom is -0.338 e. The van der Waals surface area contributed by atoms with E-state index in [0.717, 1.165) is 36.1 Å². The predicted octanol–water partition coefficient (Wildman–Crippen LogP) is 3.26. The maximum atomic E-state index is 12.7. The summed E-state index contributed by atoms with van der Waals surface area (Å²) in [5.41, 5.74) is 7.55. The number of halogens is 2. The number of likely N-dealkylation sites (tertiary alicyclic amines) is 1. The fourth-order valence-corrected chi connectivity index (χ4v) is 3.39. The molecule has 1 amide bonds. The van der Waals surface area contributed by atoms with Gasteiger partial charge >= 0.3 is 0 Å². The fraction of sp³-hybridized carbons (Fsp3) is 0.412. The van der Waals surface area contributed by atoms with Gasteiger partial charge in [-0.25, -0.2) is 4.68 Å². The molecule has 5 nitrogen and oxygen atoms in total. The third-order valence-corrected chi connectivity index (χ3v) is 4.88. The smallest absolute Gasteiger partial charge is 0.257 e. The van der Waals surface area contributed by atoms with E-state index in [2.05, 4.69) is 21.0 Å². The monoisotopic (exact) mass is 412 g/mol. The Morgan fingerprint density at radius 2 is 2.25 bits per heavy atom. The van der Waals surface area contributed by atoms with Crippen LogP contribution in [0.2, 0.25) is 0 Å². The van der Waals surface area contributed by atoms with Gasteiger partial charge in [0.15, 0.2) is 0 Å². The third kappa shape index (κ3) is 4.18. The zero-order chi connectivity index (χ0) is 16.4. The van der Waals surface area contributed by atoms with Crippen LogP contribution in [0.3, 0.4) is 0 Å². The lowest BCUT2D eigenvalue weighted by Crippen LogP contribution is -2.45. The molecule has 0 radical (unpaired) electrons. The second-order valence-corrected chi connectivity index (χ2v) is 7.08. The van der Waals surface area contributed by atoms with Crippen LogP contribution in [-0.4, -0.2) is 39.7 Å². The lowest BCUT2D eigenvalue weighted by Gasteiger charge is -2.34. The number of amides is 1. The van der Waals surface area contributed by atoms with E-state index in [0.29, 0.717) is 11.5 Å². The molecule has 2 atom stereocenters. The maximum Gasteiger partial charge on any atom is 0.257 e. The van der Waals surface area contributed by atoms with E-state index >= 15 is 0 Å². The van der Waals surface area contributed by atoms with Gasteiger partial charge in [-0.05, 0) is 43.9 Å². The fourth-order valence-electron chi connectivity index (χ4n) is 3.00. The molecule has 0 aliphatic carbocycles. The number of aromatic nitrogens is 2. The normalized spacial score (nSPS) is 18.8. The molecule has 24 heavy (non-hydrogen) atoms. The highest BCUT2D eigenvalue weighted by atomic mass is 79.9. The van der Waals surface area contributed by atoms with Crippen LogP contribution in [0.15, 0.2) is 41.1 Å². The van der Waals surface area contributed by atoms with E-state index in [1.807, 2.05) is 36.1 Å². The van der Waals surface area contributed by atoms with Gasteiger partial charge in [0.2, 0.25) is 0 Å². The van der Waals surface area contributed by atoms with Gasteiger partial charge in [-0.3, -0.25) is 4.79 Å². The highest BCUT2D eigenvalue weighted by molar-refractivity contribution is 9.10. The van der Waals surface area contributed by atoms with Crippen molar-refractivity contribution in [2.24, 2.45) is 11.7 Å². The van der Waals surface area contributed by atoms with Gasteiger partial charge in [-0.1, -0.05) is 22.0 Å². The van der Waals surface area contributed by atoms with Crippen molar-refractivity contribution in [2.75, 3.05) is 13.1 Å². The van der Waals surface area contributed by atoms with Crippen molar-refractivity contribution in [3.63, 3.8) is 0 Å². The Labute approximate surface area is 156 Å². The van der Waals surface area contributed by atoms with Crippen molar-refractivity contribution < 1.29 is 4.79 Å². The van der Waals surface area contributed by atoms with Gasteiger partial charge in [-0.2, -0.15) is 5.10 Å². The number of nitrogens with two attached hydrogens (primary N) is 1. The van der Waals surface area contributed by atoms with Crippen molar-refractivity contribution in [1.82, 2.24) is 14.7 Å². The van der Waals surface area contributed by atoms with Gasteiger partial charge in [0.1, 0.15) is 0 Å². The summed E-state index contributed by atoms with van der Waals surface area (Å²) in [6.45, 7) is 3.55. The first-order chi connectivity index (χ1) is 11.0. The van der Waals surface area contributed by atoms with E-state index in [1.54, 1.807) is 17.1 Å². The zero-order valence-electron chi connectivity index (χ0n) is 13.6. The number of hydrogen-bond acceptors (Lipinski definition) is 3. The molecule has 3 rings (SSSR count). The summed E-state index contributed by atoms with van der Waals surface area (Å²) in [5, 5.41) is 4.32. The van der Waals surface area contributed by atoms with Crippen LogP contribution in [0.4, 0.5) is 0 Å². The van der Waals surface area contributed by atoms with Gasteiger partial charge in [0.25, 0.3) is 5.91 Å². The van der Waals surface area contributed by atoms with Gasteiger partial charge in [0, 0.05) is 29.8 Å². The lowest BCUT2D eigenvalue weighted by atomic mass is 9.92. The van der Waals surface area contributed by atoms with Crippen molar-refractivity contribution in [1.29, 1.82) is 0 Å². The van der Waals surface area contributed by atoms with Gasteiger partial charge < -0.3 is 10.6 Å². The molecule has 2 unspecified atom stereocenters. The number of piperidine rings is 1. The molecule has 130 valence electrons. The molecular formula is C17H22BrClN4O.